The van der Waals surface area contributed by atoms with Crippen molar-refractivity contribution in [1.82, 2.24) is 14.5 Å². The summed E-state index contributed by atoms with van der Waals surface area (Å²) in [7, 11) is 0. The Morgan fingerprint density at radius 3 is 2.71 bits per heavy atom. The molecule has 4 atom stereocenters. The number of benzene rings is 1. The van der Waals surface area contributed by atoms with Crippen LogP contribution in [-0.2, 0) is 11.3 Å². The fraction of sp³-hybridized carbons (Fsp3) is 0.455. The molecule has 1 aromatic carbocycles. The Kier molecular flexibility index (Phi) is 7.95. The van der Waals surface area contributed by atoms with Gasteiger partial charge in [-0.3, -0.25) is 18.7 Å². The molecule has 1 amide bonds. The first-order valence-corrected chi connectivity index (χ1v) is 10.6. The van der Waals surface area contributed by atoms with Gasteiger partial charge < -0.3 is 25.4 Å². The van der Waals surface area contributed by atoms with Crippen molar-refractivity contribution in [1.29, 1.82) is 5.26 Å². The third kappa shape index (κ3) is 5.40. The van der Waals surface area contributed by atoms with Gasteiger partial charge in [-0.15, -0.1) is 0 Å². The SMILES string of the molecule is Cc1cn([C@H]2CC[C@@H](CO)O2)c(=O)n(C[C@@H](O)[C@H](O)CNC(=O)c2ccc(F)c(C#N)c2)c1=O. The third-order valence-electron chi connectivity index (χ3n) is 5.60. The van der Waals surface area contributed by atoms with E-state index in [0.717, 1.165) is 22.8 Å². The molecule has 0 bridgehead atoms. The number of nitrogens with one attached hydrogen (secondary N) is 1. The number of carbonyl (C=O) groups excluding carboxylic acids is 1. The van der Waals surface area contributed by atoms with Crippen LogP contribution in [0.4, 0.5) is 4.39 Å². The summed E-state index contributed by atoms with van der Waals surface area (Å²) in [5.74, 6) is -1.49. The average Bonchev–Trinajstić information content (AvgIpc) is 3.31. The Morgan fingerprint density at radius 2 is 2.06 bits per heavy atom. The maximum Gasteiger partial charge on any atom is 0.333 e. The molecule has 2 heterocycles. The van der Waals surface area contributed by atoms with Crippen molar-refractivity contribution >= 4 is 5.91 Å². The lowest BCUT2D eigenvalue weighted by Gasteiger charge is -2.21. The van der Waals surface area contributed by atoms with Gasteiger partial charge in [-0.05, 0) is 38.0 Å². The molecule has 1 aliphatic heterocycles. The molecule has 1 aromatic heterocycles. The van der Waals surface area contributed by atoms with Crippen molar-refractivity contribution in [3.63, 3.8) is 0 Å². The number of aromatic nitrogens is 2. The number of halogens is 1. The van der Waals surface area contributed by atoms with Crippen LogP contribution in [0.5, 0.6) is 0 Å². The molecule has 2 aromatic rings. The van der Waals surface area contributed by atoms with E-state index in [-0.39, 0.29) is 23.3 Å². The van der Waals surface area contributed by atoms with Gasteiger partial charge in [0, 0.05) is 23.9 Å². The van der Waals surface area contributed by atoms with Crippen molar-refractivity contribution < 1.29 is 29.2 Å². The molecule has 1 aliphatic rings. The van der Waals surface area contributed by atoms with Crippen molar-refractivity contribution in [3.8, 4) is 6.07 Å². The van der Waals surface area contributed by atoms with Crippen LogP contribution < -0.4 is 16.6 Å². The fourth-order valence-corrected chi connectivity index (χ4v) is 3.65. The van der Waals surface area contributed by atoms with E-state index >= 15 is 0 Å². The molecule has 182 valence electrons. The zero-order chi connectivity index (χ0) is 25.0. The van der Waals surface area contributed by atoms with Crippen LogP contribution in [0.3, 0.4) is 0 Å². The number of nitrogens with zero attached hydrogens (tertiary/aromatic N) is 3. The topological polar surface area (TPSA) is 167 Å². The normalized spacial score (nSPS) is 19.4. The Morgan fingerprint density at radius 1 is 1.32 bits per heavy atom. The van der Waals surface area contributed by atoms with E-state index < -0.39 is 60.6 Å². The molecule has 0 aliphatic carbocycles. The minimum absolute atomic E-state index is 0.0184. The van der Waals surface area contributed by atoms with Gasteiger partial charge in [0.1, 0.15) is 18.1 Å². The van der Waals surface area contributed by atoms with E-state index in [1.54, 1.807) is 6.07 Å². The van der Waals surface area contributed by atoms with Gasteiger partial charge in [0.25, 0.3) is 11.5 Å². The largest absolute Gasteiger partial charge is 0.394 e. The average molecular weight is 476 g/mol. The Bertz CT molecular complexity index is 1220. The molecule has 3 rings (SSSR count). The number of amides is 1. The summed E-state index contributed by atoms with van der Waals surface area (Å²) < 4.78 is 21.0. The molecule has 4 N–H and O–H groups in total. The molecule has 0 saturated carbocycles. The standard InChI is InChI=1S/C22H25FN4O7/c1-12-9-26(19-5-3-15(11-28)34-19)22(33)27(21(12)32)10-18(30)17(29)8-25-20(31)13-2-4-16(23)14(6-13)7-24/h2,4,6,9,15,17-19,28-30H,3,5,8,10-11H2,1H3,(H,25,31)/t15-,17+,18+,19+/m0/s1. The number of hydrogen-bond acceptors (Lipinski definition) is 8. The molecule has 34 heavy (non-hydrogen) atoms. The summed E-state index contributed by atoms with van der Waals surface area (Å²) in [5.41, 5.74) is -1.52. The first-order chi connectivity index (χ1) is 16.2. The number of nitriles is 1. The minimum atomic E-state index is -1.58. The number of aliphatic hydroxyl groups is 3. The highest BCUT2D eigenvalue weighted by Gasteiger charge is 2.28. The predicted octanol–water partition coefficient (Wildman–Crippen LogP) is -0.849. The summed E-state index contributed by atoms with van der Waals surface area (Å²) in [6, 6.07) is 4.79. The van der Waals surface area contributed by atoms with Gasteiger partial charge in [-0.1, -0.05) is 0 Å². The quantitative estimate of drug-likeness (QED) is 0.382. The van der Waals surface area contributed by atoms with Crippen LogP contribution >= 0.6 is 0 Å². The second kappa shape index (κ2) is 10.7. The summed E-state index contributed by atoms with van der Waals surface area (Å²) in [4.78, 5) is 37.6. The summed E-state index contributed by atoms with van der Waals surface area (Å²) in [5, 5.41) is 41.1. The van der Waals surface area contributed by atoms with Crippen LogP contribution in [0.15, 0.2) is 34.0 Å². The molecular formula is C22H25FN4O7. The molecule has 1 saturated heterocycles. The number of carbonyl (C=O) groups is 1. The zero-order valence-corrected chi connectivity index (χ0v) is 18.3. The van der Waals surface area contributed by atoms with Crippen molar-refractivity contribution in [3.05, 3.63) is 67.7 Å². The van der Waals surface area contributed by atoms with Crippen molar-refractivity contribution in [2.24, 2.45) is 0 Å². The predicted molar refractivity (Wildman–Crippen MR) is 115 cm³/mol. The lowest BCUT2D eigenvalue weighted by Crippen LogP contribution is -2.48. The maximum absolute atomic E-state index is 13.4. The van der Waals surface area contributed by atoms with Gasteiger partial charge in [0.05, 0.1) is 37.0 Å². The summed E-state index contributed by atoms with van der Waals surface area (Å²) in [6.07, 6.45) is -1.87. The van der Waals surface area contributed by atoms with E-state index in [9.17, 15) is 34.1 Å². The molecule has 1 fully saturated rings. The highest BCUT2D eigenvalue weighted by Crippen LogP contribution is 2.26. The Hall–Kier alpha value is -3.37. The second-order valence-electron chi connectivity index (χ2n) is 8.04. The van der Waals surface area contributed by atoms with Crippen LogP contribution in [0.2, 0.25) is 0 Å². The van der Waals surface area contributed by atoms with Crippen LogP contribution in [-0.4, -0.2) is 61.8 Å². The van der Waals surface area contributed by atoms with Gasteiger partial charge in [0.2, 0.25) is 0 Å². The lowest BCUT2D eigenvalue weighted by atomic mass is 10.1. The van der Waals surface area contributed by atoms with E-state index in [2.05, 4.69) is 5.32 Å². The Balaban J connectivity index is 1.69. The number of aryl methyl sites for hydroxylation is 1. The smallest absolute Gasteiger partial charge is 0.333 e. The summed E-state index contributed by atoms with van der Waals surface area (Å²) >= 11 is 0. The van der Waals surface area contributed by atoms with Gasteiger partial charge >= 0.3 is 5.69 Å². The van der Waals surface area contributed by atoms with Gasteiger partial charge in [-0.25, -0.2) is 9.18 Å². The second-order valence-corrected chi connectivity index (χ2v) is 8.04. The molecule has 0 unspecified atom stereocenters. The number of aliphatic hydroxyl groups excluding tert-OH is 3. The lowest BCUT2D eigenvalue weighted by molar-refractivity contribution is -0.0265. The van der Waals surface area contributed by atoms with Crippen LogP contribution in [0, 0.1) is 24.1 Å². The monoisotopic (exact) mass is 476 g/mol. The third-order valence-corrected chi connectivity index (χ3v) is 5.60. The number of rotatable bonds is 8. The highest BCUT2D eigenvalue weighted by molar-refractivity contribution is 5.94. The fourth-order valence-electron chi connectivity index (χ4n) is 3.65. The molecule has 0 radical (unpaired) electrons. The Labute approximate surface area is 193 Å². The highest BCUT2D eigenvalue weighted by atomic mass is 19.1. The van der Waals surface area contributed by atoms with Crippen molar-refractivity contribution in [2.75, 3.05) is 13.2 Å². The summed E-state index contributed by atoms with van der Waals surface area (Å²) in [6.45, 7) is 0.324. The van der Waals surface area contributed by atoms with E-state index in [1.807, 2.05) is 0 Å². The number of ether oxygens (including phenoxy) is 1. The first-order valence-electron chi connectivity index (χ1n) is 10.6. The number of hydrogen-bond donors (Lipinski definition) is 4. The maximum atomic E-state index is 13.4. The van der Waals surface area contributed by atoms with E-state index in [4.69, 9.17) is 10.00 Å². The molecular weight excluding hydrogens is 451 g/mol. The van der Waals surface area contributed by atoms with E-state index in [1.165, 1.54) is 17.7 Å². The molecule has 11 nitrogen and oxygen atoms in total. The first kappa shape index (κ1) is 25.3. The van der Waals surface area contributed by atoms with Gasteiger partial charge in [0.15, 0.2) is 0 Å². The van der Waals surface area contributed by atoms with Crippen LogP contribution in [0.25, 0.3) is 0 Å². The zero-order valence-electron chi connectivity index (χ0n) is 18.3. The van der Waals surface area contributed by atoms with Crippen LogP contribution in [0.1, 0.15) is 40.6 Å². The van der Waals surface area contributed by atoms with E-state index in [0.29, 0.717) is 12.8 Å². The molecule has 0 spiro atoms. The van der Waals surface area contributed by atoms with Gasteiger partial charge in [-0.2, -0.15) is 5.26 Å². The van der Waals surface area contributed by atoms with Crippen molar-refractivity contribution in [2.45, 2.75) is 50.8 Å². The molecule has 12 heteroatoms. The minimum Gasteiger partial charge on any atom is -0.394 e.